The molecule has 4 rings (SSSR count). The van der Waals surface area contributed by atoms with E-state index in [4.69, 9.17) is 9.47 Å². The van der Waals surface area contributed by atoms with Gasteiger partial charge in [-0.3, -0.25) is 0 Å². The summed E-state index contributed by atoms with van der Waals surface area (Å²) in [6, 6.07) is 19.9. The van der Waals surface area contributed by atoms with Crippen LogP contribution >= 0.6 is 0 Å². The van der Waals surface area contributed by atoms with Gasteiger partial charge in [-0.2, -0.15) is 0 Å². The van der Waals surface area contributed by atoms with E-state index in [-0.39, 0.29) is 12.6 Å². The van der Waals surface area contributed by atoms with Crippen molar-refractivity contribution in [3.05, 3.63) is 77.6 Å². The number of aromatic nitrogens is 2. The van der Waals surface area contributed by atoms with Gasteiger partial charge in [0, 0.05) is 24.0 Å². The Bertz CT molecular complexity index is 1490. The molecule has 9 heteroatoms. The molecule has 0 aliphatic heterocycles. The monoisotopic (exact) mass is 506 g/mol. The van der Waals surface area contributed by atoms with E-state index in [1.165, 1.54) is 0 Å². The number of anilines is 1. The first-order valence-electron chi connectivity index (χ1n) is 11.5. The van der Waals surface area contributed by atoms with E-state index >= 15 is 0 Å². The van der Waals surface area contributed by atoms with E-state index in [1.807, 2.05) is 49.4 Å². The molecule has 0 aliphatic rings. The van der Waals surface area contributed by atoms with E-state index in [2.05, 4.69) is 45.1 Å². The van der Waals surface area contributed by atoms with Crippen LogP contribution in [0.5, 0.6) is 11.5 Å². The molecule has 0 amide bonds. The lowest BCUT2D eigenvalue weighted by Gasteiger charge is -2.18. The lowest BCUT2D eigenvalue weighted by Crippen LogP contribution is -2.21. The first-order valence-corrected chi connectivity index (χ1v) is 13.4. The number of sulfonamides is 1. The molecule has 1 heterocycles. The topological polar surface area (TPSA) is 102 Å². The highest BCUT2D eigenvalue weighted by Crippen LogP contribution is 2.35. The third-order valence-electron chi connectivity index (χ3n) is 5.88. The quantitative estimate of drug-likeness (QED) is 0.335. The van der Waals surface area contributed by atoms with Crippen LogP contribution < -0.4 is 19.5 Å². The summed E-state index contributed by atoms with van der Waals surface area (Å²) < 4.78 is 36.1. The molecule has 0 saturated heterocycles. The molecule has 4 aromatic rings. The molecular weight excluding hydrogens is 476 g/mol. The zero-order chi connectivity index (χ0) is 25.9. The zero-order valence-corrected chi connectivity index (χ0v) is 21.8. The molecule has 2 N–H and O–H groups in total. The smallest absolute Gasteiger partial charge is 0.209 e. The number of benzene rings is 3. The molecule has 36 heavy (non-hydrogen) atoms. The first-order chi connectivity index (χ1) is 17.2. The van der Waals surface area contributed by atoms with Gasteiger partial charge >= 0.3 is 0 Å². The van der Waals surface area contributed by atoms with E-state index < -0.39 is 10.0 Å². The van der Waals surface area contributed by atoms with Crippen LogP contribution in [-0.2, 0) is 16.6 Å². The molecule has 0 saturated carbocycles. The predicted molar refractivity (Wildman–Crippen MR) is 143 cm³/mol. The fourth-order valence-corrected chi connectivity index (χ4v) is 4.42. The molecule has 8 nitrogen and oxygen atoms in total. The number of hydrogen-bond acceptors (Lipinski definition) is 7. The maximum atomic E-state index is 11.3. The minimum Gasteiger partial charge on any atom is -0.493 e. The molecule has 3 aromatic carbocycles. The fourth-order valence-electron chi connectivity index (χ4n) is 3.99. The normalized spacial score (nSPS) is 12.4. The van der Waals surface area contributed by atoms with Crippen LogP contribution in [0.15, 0.2) is 60.7 Å². The Balaban J connectivity index is 1.59. The van der Waals surface area contributed by atoms with Crippen LogP contribution in [0.4, 0.5) is 5.82 Å². The van der Waals surface area contributed by atoms with E-state index in [0.717, 1.165) is 45.2 Å². The lowest BCUT2D eigenvalue weighted by molar-refractivity contribution is 0.356. The predicted octanol–water partition coefficient (Wildman–Crippen LogP) is 4.84. The summed E-state index contributed by atoms with van der Waals surface area (Å²) in [5.74, 6) is 2.61. The number of methoxy groups -OCH3 is 2. The van der Waals surface area contributed by atoms with Crippen molar-refractivity contribution in [2.75, 3.05) is 25.8 Å². The Morgan fingerprint density at radius 2 is 1.61 bits per heavy atom. The highest BCUT2D eigenvalue weighted by Gasteiger charge is 2.15. The lowest BCUT2D eigenvalue weighted by atomic mass is 9.99. The van der Waals surface area contributed by atoms with Gasteiger partial charge in [0.25, 0.3) is 0 Å². The number of nitrogens with zero attached hydrogens (tertiary/aromatic N) is 2. The van der Waals surface area contributed by atoms with Crippen LogP contribution in [0.2, 0.25) is 0 Å². The molecular formula is C27H30N4O4S. The third-order valence-corrected chi connectivity index (χ3v) is 6.55. The molecule has 1 atom stereocenters. The van der Waals surface area contributed by atoms with Gasteiger partial charge in [0.1, 0.15) is 11.6 Å². The second-order valence-electron chi connectivity index (χ2n) is 8.63. The van der Waals surface area contributed by atoms with Gasteiger partial charge in [-0.05, 0) is 48.2 Å². The molecule has 0 fully saturated rings. The van der Waals surface area contributed by atoms with Crippen LogP contribution in [0.3, 0.4) is 0 Å². The summed E-state index contributed by atoms with van der Waals surface area (Å²) in [6.45, 7) is 4.22. The first kappa shape index (κ1) is 25.4. The standard InChI is InChI=1S/C27H30N4O4S/c1-17(29-27-23-14-25(34-3)26(35-4)15-24(23)30-18(2)31-27)21-7-6-8-22(13-21)20-11-9-19(10-12-20)16-28-36(5,32)33/h6-15,17,28H,16H2,1-5H3,(H,29,30,31)/t17-/m1/s1. The van der Waals surface area contributed by atoms with E-state index in [9.17, 15) is 8.42 Å². The van der Waals surface area contributed by atoms with E-state index in [1.54, 1.807) is 14.2 Å². The molecule has 0 unspecified atom stereocenters. The van der Waals surface area contributed by atoms with Crippen LogP contribution in [0.1, 0.15) is 29.9 Å². The average Bonchev–Trinajstić information content (AvgIpc) is 2.86. The van der Waals surface area contributed by atoms with E-state index in [0.29, 0.717) is 17.3 Å². The minimum absolute atomic E-state index is 0.0335. The van der Waals surface area contributed by atoms with Gasteiger partial charge in [-0.25, -0.2) is 23.1 Å². The number of aryl methyl sites for hydroxylation is 1. The molecule has 0 spiro atoms. The van der Waals surface area contributed by atoms with Crippen molar-refractivity contribution < 1.29 is 17.9 Å². The van der Waals surface area contributed by atoms with Crippen molar-refractivity contribution in [2.45, 2.75) is 26.4 Å². The number of nitrogens with one attached hydrogen (secondary N) is 2. The number of fused-ring (bicyclic) bond motifs is 1. The number of hydrogen-bond donors (Lipinski definition) is 2. The van der Waals surface area contributed by atoms with Gasteiger partial charge in [0.05, 0.1) is 26.0 Å². The second-order valence-corrected chi connectivity index (χ2v) is 10.5. The summed E-state index contributed by atoms with van der Waals surface area (Å²) in [7, 11) is -0.0199. The van der Waals surface area contributed by atoms with Crippen molar-refractivity contribution >= 4 is 26.7 Å². The van der Waals surface area contributed by atoms with Gasteiger partial charge in [0.2, 0.25) is 10.0 Å². The molecule has 0 radical (unpaired) electrons. The Labute approximate surface area is 211 Å². The number of rotatable bonds is 9. The Hall–Kier alpha value is -3.69. The number of ether oxygens (including phenoxy) is 2. The zero-order valence-electron chi connectivity index (χ0n) is 21.0. The molecule has 1 aromatic heterocycles. The van der Waals surface area contributed by atoms with Gasteiger partial charge in [0.15, 0.2) is 11.5 Å². The summed E-state index contributed by atoms with van der Waals surface area (Å²) >= 11 is 0. The summed E-state index contributed by atoms with van der Waals surface area (Å²) in [5, 5.41) is 4.38. The van der Waals surface area contributed by atoms with Crippen molar-refractivity contribution in [1.82, 2.24) is 14.7 Å². The third kappa shape index (κ3) is 5.92. The highest BCUT2D eigenvalue weighted by molar-refractivity contribution is 7.88. The van der Waals surface area contributed by atoms with Gasteiger partial charge in [-0.15, -0.1) is 0 Å². The fraction of sp³-hybridized carbons (Fsp3) is 0.259. The van der Waals surface area contributed by atoms with Gasteiger partial charge < -0.3 is 14.8 Å². The van der Waals surface area contributed by atoms with Crippen LogP contribution in [0, 0.1) is 6.92 Å². The second kappa shape index (κ2) is 10.5. The summed E-state index contributed by atoms with van der Waals surface area (Å²) in [5.41, 5.74) is 4.88. The van der Waals surface area contributed by atoms with Crippen molar-refractivity contribution in [3.63, 3.8) is 0 Å². The van der Waals surface area contributed by atoms with Crippen LogP contribution in [0.25, 0.3) is 22.0 Å². The maximum absolute atomic E-state index is 11.3. The molecule has 0 aliphatic carbocycles. The minimum atomic E-state index is -3.23. The average molecular weight is 507 g/mol. The van der Waals surface area contributed by atoms with Gasteiger partial charge in [-0.1, -0.05) is 42.5 Å². The van der Waals surface area contributed by atoms with Crippen molar-refractivity contribution in [3.8, 4) is 22.6 Å². The Morgan fingerprint density at radius 1 is 0.917 bits per heavy atom. The largest absolute Gasteiger partial charge is 0.493 e. The molecule has 188 valence electrons. The highest BCUT2D eigenvalue weighted by atomic mass is 32.2. The molecule has 0 bridgehead atoms. The van der Waals surface area contributed by atoms with Crippen LogP contribution in [-0.4, -0.2) is 38.9 Å². The maximum Gasteiger partial charge on any atom is 0.209 e. The Kier molecular flexibility index (Phi) is 7.42. The summed E-state index contributed by atoms with van der Waals surface area (Å²) in [6.07, 6.45) is 1.15. The SMILES string of the molecule is COc1cc2nc(C)nc(N[C@H](C)c3cccc(-c4ccc(CNS(C)(=O)=O)cc4)c3)c2cc1OC. The van der Waals surface area contributed by atoms with Crippen molar-refractivity contribution in [2.24, 2.45) is 0 Å². The Morgan fingerprint density at radius 3 is 2.28 bits per heavy atom. The van der Waals surface area contributed by atoms with Crippen molar-refractivity contribution in [1.29, 1.82) is 0 Å². The summed E-state index contributed by atoms with van der Waals surface area (Å²) in [4.78, 5) is 9.22.